The van der Waals surface area contributed by atoms with Crippen LogP contribution in [0.2, 0.25) is 0 Å². The minimum absolute atomic E-state index is 0.470. The predicted octanol–water partition coefficient (Wildman–Crippen LogP) is 3.91. The van der Waals surface area contributed by atoms with Crippen molar-refractivity contribution in [1.29, 1.82) is 0 Å². The fourth-order valence-electron chi connectivity index (χ4n) is 4.30. The maximum atomic E-state index is 3.60. The average molecular weight is 281 g/mol. The number of likely N-dealkylation sites (tertiary alicyclic amines) is 1. The first-order valence-electron chi connectivity index (χ1n) is 9.05. The van der Waals surface area contributed by atoms with E-state index in [4.69, 9.17) is 0 Å². The fraction of sp³-hybridized carbons (Fsp3) is 1.00. The third-order valence-corrected chi connectivity index (χ3v) is 5.67. The average Bonchev–Trinajstić information content (AvgIpc) is 2.66. The molecule has 2 atom stereocenters. The van der Waals surface area contributed by atoms with Gasteiger partial charge in [0, 0.05) is 6.54 Å². The van der Waals surface area contributed by atoms with E-state index in [0.29, 0.717) is 5.41 Å². The van der Waals surface area contributed by atoms with Gasteiger partial charge < -0.3 is 10.2 Å². The Labute approximate surface area is 126 Å². The van der Waals surface area contributed by atoms with E-state index in [-0.39, 0.29) is 0 Å². The molecule has 0 radical (unpaired) electrons. The van der Waals surface area contributed by atoms with Crippen molar-refractivity contribution in [2.75, 3.05) is 32.7 Å². The second-order valence-electron chi connectivity index (χ2n) is 7.89. The summed E-state index contributed by atoms with van der Waals surface area (Å²) in [5, 5.41) is 3.60. The van der Waals surface area contributed by atoms with Gasteiger partial charge in [-0.05, 0) is 75.5 Å². The van der Waals surface area contributed by atoms with Crippen molar-refractivity contribution in [3.63, 3.8) is 0 Å². The lowest BCUT2D eigenvalue weighted by Crippen LogP contribution is -2.45. The Morgan fingerprint density at radius 1 is 1.10 bits per heavy atom. The smallest absolute Gasteiger partial charge is 0.00358 e. The van der Waals surface area contributed by atoms with Crippen molar-refractivity contribution in [2.45, 2.75) is 65.7 Å². The van der Waals surface area contributed by atoms with E-state index < -0.39 is 0 Å². The van der Waals surface area contributed by atoms with Gasteiger partial charge in [0.05, 0.1) is 0 Å². The zero-order valence-electron chi connectivity index (χ0n) is 14.1. The molecule has 20 heavy (non-hydrogen) atoms. The normalized spacial score (nSPS) is 30.1. The SMILES string of the molecule is CCCC1CCCN(CC(C)(C)C2CCCNC2)CC1. The third kappa shape index (κ3) is 4.73. The largest absolute Gasteiger partial charge is 0.316 e. The monoisotopic (exact) mass is 280 g/mol. The second-order valence-corrected chi connectivity index (χ2v) is 7.89. The molecule has 0 spiro atoms. The molecular formula is C18H36N2. The Bertz CT molecular complexity index is 269. The van der Waals surface area contributed by atoms with Crippen LogP contribution in [0.5, 0.6) is 0 Å². The molecule has 2 aliphatic heterocycles. The van der Waals surface area contributed by atoms with E-state index in [1.54, 1.807) is 0 Å². The molecular weight excluding hydrogens is 244 g/mol. The van der Waals surface area contributed by atoms with Gasteiger partial charge in [-0.25, -0.2) is 0 Å². The number of rotatable bonds is 5. The summed E-state index contributed by atoms with van der Waals surface area (Å²) in [6.07, 6.45) is 9.93. The number of nitrogens with one attached hydrogen (secondary N) is 1. The first kappa shape index (κ1) is 16.3. The number of piperidine rings is 1. The molecule has 0 bridgehead atoms. The van der Waals surface area contributed by atoms with E-state index in [0.717, 1.165) is 11.8 Å². The Morgan fingerprint density at radius 2 is 1.95 bits per heavy atom. The number of hydrogen-bond donors (Lipinski definition) is 1. The van der Waals surface area contributed by atoms with E-state index in [2.05, 4.69) is 31.0 Å². The molecule has 0 amide bonds. The lowest BCUT2D eigenvalue weighted by atomic mass is 9.74. The first-order chi connectivity index (χ1) is 9.62. The highest BCUT2D eigenvalue weighted by Crippen LogP contribution is 2.33. The second kappa shape index (κ2) is 7.79. The summed E-state index contributed by atoms with van der Waals surface area (Å²) in [4.78, 5) is 2.77. The molecule has 2 aliphatic rings. The van der Waals surface area contributed by atoms with Gasteiger partial charge in [0.25, 0.3) is 0 Å². The van der Waals surface area contributed by atoms with E-state index in [1.165, 1.54) is 77.7 Å². The molecule has 0 aromatic carbocycles. The van der Waals surface area contributed by atoms with Crippen LogP contribution in [-0.2, 0) is 0 Å². The first-order valence-corrected chi connectivity index (χ1v) is 9.05. The summed E-state index contributed by atoms with van der Waals surface area (Å²) < 4.78 is 0. The van der Waals surface area contributed by atoms with Gasteiger partial charge in [0.2, 0.25) is 0 Å². The van der Waals surface area contributed by atoms with Crippen LogP contribution in [0.25, 0.3) is 0 Å². The quantitative estimate of drug-likeness (QED) is 0.821. The van der Waals surface area contributed by atoms with Crippen LogP contribution in [0.4, 0.5) is 0 Å². The molecule has 2 unspecified atom stereocenters. The lowest BCUT2D eigenvalue weighted by molar-refractivity contribution is 0.101. The summed E-state index contributed by atoms with van der Waals surface area (Å²) in [6, 6.07) is 0. The molecule has 118 valence electrons. The molecule has 1 N–H and O–H groups in total. The van der Waals surface area contributed by atoms with Gasteiger partial charge in [0.15, 0.2) is 0 Å². The molecule has 2 rings (SSSR count). The van der Waals surface area contributed by atoms with Crippen LogP contribution in [0.1, 0.15) is 65.7 Å². The van der Waals surface area contributed by atoms with Gasteiger partial charge >= 0.3 is 0 Å². The van der Waals surface area contributed by atoms with Gasteiger partial charge in [-0.3, -0.25) is 0 Å². The molecule has 0 saturated carbocycles. The Balaban J connectivity index is 1.82. The Hall–Kier alpha value is -0.0800. The van der Waals surface area contributed by atoms with E-state index >= 15 is 0 Å². The summed E-state index contributed by atoms with van der Waals surface area (Å²) in [5.41, 5.74) is 0.470. The fourth-order valence-corrected chi connectivity index (χ4v) is 4.30. The van der Waals surface area contributed by atoms with Crippen molar-refractivity contribution in [1.82, 2.24) is 10.2 Å². The van der Waals surface area contributed by atoms with Crippen LogP contribution >= 0.6 is 0 Å². The summed E-state index contributed by atoms with van der Waals surface area (Å²) >= 11 is 0. The highest BCUT2D eigenvalue weighted by atomic mass is 15.1. The van der Waals surface area contributed by atoms with E-state index in [9.17, 15) is 0 Å². The van der Waals surface area contributed by atoms with Gasteiger partial charge in [-0.1, -0.05) is 33.6 Å². The van der Waals surface area contributed by atoms with Crippen molar-refractivity contribution < 1.29 is 0 Å². The van der Waals surface area contributed by atoms with Crippen LogP contribution in [0.3, 0.4) is 0 Å². The highest BCUT2D eigenvalue weighted by Gasteiger charge is 2.32. The maximum Gasteiger partial charge on any atom is 0.00358 e. The van der Waals surface area contributed by atoms with Crippen molar-refractivity contribution in [3.05, 3.63) is 0 Å². The highest BCUT2D eigenvalue weighted by molar-refractivity contribution is 4.86. The molecule has 2 saturated heterocycles. The van der Waals surface area contributed by atoms with Crippen molar-refractivity contribution in [2.24, 2.45) is 17.3 Å². The molecule has 0 aromatic heterocycles. The number of hydrogen-bond acceptors (Lipinski definition) is 2. The van der Waals surface area contributed by atoms with Crippen molar-refractivity contribution >= 4 is 0 Å². The predicted molar refractivity (Wildman–Crippen MR) is 88.1 cm³/mol. The van der Waals surface area contributed by atoms with Crippen LogP contribution in [0.15, 0.2) is 0 Å². The van der Waals surface area contributed by atoms with Gasteiger partial charge in [-0.15, -0.1) is 0 Å². The topological polar surface area (TPSA) is 15.3 Å². The van der Waals surface area contributed by atoms with Crippen LogP contribution < -0.4 is 5.32 Å². The molecule has 2 nitrogen and oxygen atoms in total. The molecule has 2 heteroatoms. The lowest BCUT2D eigenvalue weighted by Gasteiger charge is -2.40. The minimum atomic E-state index is 0.470. The van der Waals surface area contributed by atoms with Crippen LogP contribution in [-0.4, -0.2) is 37.6 Å². The summed E-state index contributed by atoms with van der Waals surface area (Å²) in [6.45, 7) is 13.8. The molecule has 2 heterocycles. The molecule has 0 aliphatic carbocycles. The Kier molecular flexibility index (Phi) is 6.35. The summed E-state index contributed by atoms with van der Waals surface area (Å²) in [7, 11) is 0. The standard InChI is InChI=1S/C18H36N2/c1-4-7-16-8-6-12-20(13-10-16)15-18(2,3)17-9-5-11-19-14-17/h16-17,19H,4-15H2,1-3H3. The maximum absolute atomic E-state index is 3.60. The zero-order chi connectivity index (χ0) is 14.4. The minimum Gasteiger partial charge on any atom is -0.316 e. The van der Waals surface area contributed by atoms with E-state index in [1.807, 2.05) is 0 Å². The molecule has 2 fully saturated rings. The van der Waals surface area contributed by atoms with Crippen molar-refractivity contribution in [3.8, 4) is 0 Å². The third-order valence-electron chi connectivity index (χ3n) is 5.67. The Morgan fingerprint density at radius 3 is 2.65 bits per heavy atom. The van der Waals surface area contributed by atoms with Gasteiger partial charge in [-0.2, -0.15) is 0 Å². The molecule has 0 aromatic rings. The summed E-state index contributed by atoms with van der Waals surface area (Å²) in [5.74, 6) is 1.87. The van der Waals surface area contributed by atoms with Gasteiger partial charge in [0.1, 0.15) is 0 Å². The zero-order valence-corrected chi connectivity index (χ0v) is 14.1. The number of nitrogens with zero attached hydrogens (tertiary/aromatic N) is 1. The van der Waals surface area contributed by atoms with Crippen LogP contribution in [0, 0.1) is 17.3 Å².